The molecule has 2 heteroatoms. The summed E-state index contributed by atoms with van der Waals surface area (Å²) in [5.74, 6) is 0. The van der Waals surface area contributed by atoms with E-state index >= 15 is 0 Å². The van der Waals surface area contributed by atoms with Gasteiger partial charge in [0.1, 0.15) is 5.67 Å². The van der Waals surface area contributed by atoms with Crippen LogP contribution in [0.2, 0.25) is 0 Å². The van der Waals surface area contributed by atoms with Crippen LogP contribution >= 0.6 is 0 Å². The molecule has 0 bridgehead atoms. The molecule has 1 unspecified atom stereocenters. The minimum absolute atomic E-state index is 0.604. The van der Waals surface area contributed by atoms with Gasteiger partial charge >= 0.3 is 0 Å². The second-order valence-corrected chi connectivity index (χ2v) is 3.61. The molecule has 1 atom stereocenters. The normalized spacial score (nSPS) is 37.5. The summed E-state index contributed by atoms with van der Waals surface area (Å²) in [6.07, 6.45) is 2.92. The van der Waals surface area contributed by atoms with Crippen molar-refractivity contribution in [3.05, 3.63) is 0 Å². The van der Waals surface area contributed by atoms with Crippen molar-refractivity contribution in [1.29, 1.82) is 0 Å². The largest absolute Gasteiger partial charge is 0.303 e. The molecule has 0 aromatic rings. The van der Waals surface area contributed by atoms with Gasteiger partial charge in [0.15, 0.2) is 0 Å². The zero-order valence-electron chi connectivity index (χ0n) is 6.86. The van der Waals surface area contributed by atoms with Crippen molar-refractivity contribution in [2.75, 3.05) is 20.1 Å². The predicted molar refractivity (Wildman–Crippen MR) is 40.9 cm³/mol. The highest BCUT2D eigenvalue weighted by molar-refractivity contribution is 4.79. The summed E-state index contributed by atoms with van der Waals surface area (Å²) >= 11 is 0. The lowest BCUT2D eigenvalue weighted by atomic mass is 10.0. The van der Waals surface area contributed by atoms with Crippen molar-refractivity contribution in [2.45, 2.75) is 31.9 Å². The highest BCUT2D eigenvalue weighted by atomic mass is 19.1. The van der Waals surface area contributed by atoms with Crippen LogP contribution in [0.3, 0.4) is 0 Å². The monoisotopic (exact) mass is 145 g/mol. The molecule has 60 valence electrons. The molecule has 1 aliphatic rings. The van der Waals surface area contributed by atoms with Gasteiger partial charge in [0.2, 0.25) is 0 Å². The van der Waals surface area contributed by atoms with E-state index in [0.717, 1.165) is 25.8 Å². The fourth-order valence-corrected chi connectivity index (χ4v) is 1.60. The zero-order valence-corrected chi connectivity index (χ0v) is 6.86. The fraction of sp³-hybridized carbons (Fsp3) is 1.00. The Morgan fingerprint density at radius 1 is 1.40 bits per heavy atom. The Hall–Kier alpha value is -0.110. The minimum Gasteiger partial charge on any atom is -0.303 e. The molecule has 0 aliphatic carbocycles. The molecule has 10 heavy (non-hydrogen) atoms. The molecule has 0 N–H and O–H groups in total. The van der Waals surface area contributed by atoms with Crippen LogP contribution in [0.25, 0.3) is 0 Å². The Kier molecular flexibility index (Phi) is 2.29. The summed E-state index contributed by atoms with van der Waals surface area (Å²) < 4.78 is 13.3. The molecule has 1 heterocycles. The first kappa shape index (κ1) is 7.99. The van der Waals surface area contributed by atoms with Crippen LogP contribution in [-0.2, 0) is 0 Å². The number of alkyl halides is 1. The summed E-state index contributed by atoms with van der Waals surface area (Å²) in [5.41, 5.74) is -0.939. The van der Waals surface area contributed by atoms with Gasteiger partial charge in [-0.15, -0.1) is 0 Å². The number of likely N-dealkylation sites (tertiary alicyclic amines) is 1. The summed E-state index contributed by atoms with van der Waals surface area (Å²) in [6, 6.07) is 0. The molecule has 1 rings (SSSR count). The van der Waals surface area contributed by atoms with Gasteiger partial charge in [-0.25, -0.2) is 4.39 Å². The lowest BCUT2D eigenvalue weighted by Gasteiger charge is -2.22. The van der Waals surface area contributed by atoms with E-state index in [2.05, 4.69) is 4.90 Å². The maximum Gasteiger partial charge on any atom is 0.120 e. The molecule has 1 nitrogen and oxygen atoms in total. The van der Waals surface area contributed by atoms with Crippen LogP contribution in [-0.4, -0.2) is 30.7 Å². The van der Waals surface area contributed by atoms with Gasteiger partial charge in [0.05, 0.1) is 0 Å². The lowest BCUT2D eigenvalue weighted by Crippen LogP contribution is -2.33. The highest BCUT2D eigenvalue weighted by Crippen LogP contribution is 2.22. The van der Waals surface area contributed by atoms with Crippen molar-refractivity contribution in [3.8, 4) is 0 Å². The fourth-order valence-electron chi connectivity index (χ4n) is 1.60. The van der Waals surface area contributed by atoms with Crippen molar-refractivity contribution in [2.24, 2.45) is 0 Å². The number of hydrogen-bond donors (Lipinski definition) is 0. The molecule has 0 spiro atoms. The first-order valence-corrected chi connectivity index (χ1v) is 3.98. The average Bonchev–Trinajstić information content (AvgIpc) is 1.90. The summed E-state index contributed by atoms with van der Waals surface area (Å²) in [6.45, 7) is 3.36. The zero-order chi connectivity index (χ0) is 7.61. The van der Waals surface area contributed by atoms with Gasteiger partial charge in [-0.2, -0.15) is 0 Å². The Morgan fingerprint density at radius 3 is 2.80 bits per heavy atom. The van der Waals surface area contributed by atoms with E-state index in [1.54, 1.807) is 6.92 Å². The maximum absolute atomic E-state index is 13.3. The summed E-state index contributed by atoms with van der Waals surface area (Å²) in [4.78, 5) is 2.08. The van der Waals surface area contributed by atoms with Crippen molar-refractivity contribution < 1.29 is 4.39 Å². The Balaban J connectivity index is 2.46. The van der Waals surface area contributed by atoms with E-state index in [4.69, 9.17) is 0 Å². The molecule has 0 aromatic carbocycles. The number of nitrogens with zero attached hydrogens (tertiary/aromatic N) is 1. The third-order valence-corrected chi connectivity index (χ3v) is 2.09. The van der Waals surface area contributed by atoms with Crippen LogP contribution in [0.5, 0.6) is 0 Å². The Morgan fingerprint density at radius 2 is 2.10 bits per heavy atom. The first-order valence-electron chi connectivity index (χ1n) is 3.98. The van der Waals surface area contributed by atoms with Gasteiger partial charge in [0.25, 0.3) is 0 Å². The number of hydrogen-bond acceptors (Lipinski definition) is 1. The smallest absolute Gasteiger partial charge is 0.120 e. The summed E-state index contributed by atoms with van der Waals surface area (Å²) in [5, 5.41) is 0. The molecule has 1 aliphatic heterocycles. The number of rotatable bonds is 0. The van der Waals surface area contributed by atoms with Crippen LogP contribution in [0, 0.1) is 0 Å². The molecule has 1 fully saturated rings. The van der Waals surface area contributed by atoms with E-state index in [-0.39, 0.29) is 0 Å². The van der Waals surface area contributed by atoms with Crippen molar-refractivity contribution in [3.63, 3.8) is 0 Å². The third kappa shape index (κ3) is 2.25. The average molecular weight is 145 g/mol. The lowest BCUT2D eigenvalue weighted by molar-refractivity contribution is 0.133. The highest BCUT2D eigenvalue weighted by Gasteiger charge is 2.26. The molecule has 0 aromatic heterocycles. The molecule has 0 saturated carbocycles. The van der Waals surface area contributed by atoms with E-state index < -0.39 is 5.67 Å². The molecule has 0 radical (unpaired) electrons. The van der Waals surface area contributed by atoms with E-state index in [9.17, 15) is 4.39 Å². The van der Waals surface area contributed by atoms with Crippen molar-refractivity contribution >= 4 is 0 Å². The van der Waals surface area contributed by atoms with E-state index in [1.165, 1.54) is 0 Å². The Bertz CT molecular complexity index is 112. The van der Waals surface area contributed by atoms with Crippen LogP contribution in [0.15, 0.2) is 0 Å². The van der Waals surface area contributed by atoms with E-state index in [0.29, 0.717) is 6.54 Å². The standard InChI is InChI=1S/C8H16FN/c1-8(9)5-3-4-6-10(2)7-8/h3-7H2,1-2H3. The minimum atomic E-state index is -0.939. The van der Waals surface area contributed by atoms with Crippen LogP contribution in [0.4, 0.5) is 4.39 Å². The third-order valence-electron chi connectivity index (χ3n) is 2.09. The van der Waals surface area contributed by atoms with Crippen LogP contribution in [0.1, 0.15) is 26.2 Å². The van der Waals surface area contributed by atoms with Gasteiger partial charge in [0, 0.05) is 6.54 Å². The van der Waals surface area contributed by atoms with Gasteiger partial charge in [-0.1, -0.05) is 0 Å². The van der Waals surface area contributed by atoms with Gasteiger partial charge in [-0.05, 0) is 39.8 Å². The quantitative estimate of drug-likeness (QED) is 0.502. The molecular weight excluding hydrogens is 129 g/mol. The molecule has 0 amide bonds. The van der Waals surface area contributed by atoms with Crippen LogP contribution < -0.4 is 0 Å². The number of halogens is 1. The second-order valence-electron chi connectivity index (χ2n) is 3.61. The van der Waals surface area contributed by atoms with E-state index in [1.807, 2.05) is 7.05 Å². The molecule has 1 saturated heterocycles. The van der Waals surface area contributed by atoms with Gasteiger partial charge < -0.3 is 4.90 Å². The second kappa shape index (κ2) is 2.87. The molecular formula is C8H16FN. The van der Waals surface area contributed by atoms with Crippen molar-refractivity contribution in [1.82, 2.24) is 4.90 Å². The van der Waals surface area contributed by atoms with Gasteiger partial charge in [-0.3, -0.25) is 0 Å². The maximum atomic E-state index is 13.3. The predicted octanol–water partition coefficient (Wildman–Crippen LogP) is 1.83. The SMILES string of the molecule is CN1CCCCC(C)(F)C1. The summed E-state index contributed by atoms with van der Waals surface area (Å²) in [7, 11) is 1.99. The Labute approximate surface area is 62.2 Å². The first-order chi connectivity index (χ1) is 4.60. The topological polar surface area (TPSA) is 3.24 Å².